The van der Waals surface area contributed by atoms with Crippen molar-refractivity contribution in [3.63, 3.8) is 0 Å². The number of aromatic nitrogens is 2. The zero-order chi connectivity index (χ0) is 15.6. The van der Waals surface area contributed by atoms with Crippen molar-refractivity contribution in [1.29, 1.82) is 5.26 Å². The summed E-state index contributed by atoms with van der Waals surface area (Å²) < 4.78 is 10.4. The van der Waals surface area contributed by atoms with E-state index in [1.807, 2.05) is 6.07 Å². The highest BCUT2D eigenvalue weighted by Crippen LogP contribution is 2.38. The van der Waals surface area contributed by atoms with Crippen LogP contribution in [-0.4, -0.2) is 24.2 Å². The van der Waals surface area contributed by atoms with E-state index < -0.39 is 0 Å². The Bertz CT molecular complexity index is 717. The number of hydrogen-bond donors (Lipinski definition) is 1. The van der Waals surface area contributed by atoms with Crippen LogP contribution in [0.5, 0.6) is 11.5 Å². The first-order valence-corrected chi connectivity index (χ1v) is 6.35. The molecule has 0 saturated heterocycles. The van der Waals surface area contributed by atoms with Gasteiger partial charge in [0.25, 0.3) is 0 Å². The standard InChI is InChI=1S/C14H13ClN4O2/c1-7-9(6-16)13(17)19-14(18-7)8-4-10(15)12(21-3)11(5-8)20-2/h4-5H,1-3H3,(H2,17,18,19). The lowest BCUT2D eigenvalue weighted by Gasteiger charge is -2.12. The van der Waals surface area contributed by atoms with Crippen molar-refractivity contribution in [3.8, 4) is 29.0 Å². The average Bonchev–Trinajstić information content (AvgIpc) is 2.45. The summed E-state index contributed by atoms with van der Waals surface area (Å²) in [6.45, 7) is 1.70. The van der Waals surface area contributed by atoms with Gasteiger partial charge in [0.1, 0.15) is 17.5 Å². The summed E-state index contributed by atoms with van der Waals surface area (Å²) in [5.41, 5.74) is 7.17. The Labute approximate surface area is 127 Å². The van der Waals surface area contributed by atoms with Gasteiger partial charge in [-0.05, 0) is 19.1 Å². The highest BCUT2D eigenvalue weighted by Gasteiger charge is 2.15. The molecular formula is C14H13ClN4O2. The smallest absolute Gasteiger partial charge is 0.179 e. The fraction of sp³-hybridized carbons (Fsp3) is 0.214. The number of hydrogen-bond acceptors (Lipinski definition) is 6. The molecule has 0 saturated carbocycles. The number of anilines is 1. The quantitative estimate of drug-likeness (QED) is 0.936. The van der Waals surface area contributed by atoms with Crippen LogP contribution >= 0.6 is 11.6 Å². The predicted molar refractivity (Wildman–Crippen MR) is 79.4 cm³/mol. The molecule has 21 heavy (non-hydrogen) atoms. The van der Waals surface area contributed by atoms with Crippen molar-refractivity contribution in [2.75, 3.05) is 20.0 Å². The van der Waals surface area contributed by atoms with E-state index in [-0.39, 0.29) is 11.4 Å². The van der Waals surface area contributed by atoms with Gasteiger partial charge in [-0.2, -0.15) is 5.26 Å². The van der Waals surface area contributed by atoms with Crippen molar-refractivity contribution in [1.82, 2.24) is 9.97 Å². The van der Waals surface area contributed by atoms with Crippen molar-refractivity contribution >= 4 is 17.4 Å². The molecule has 1 heterocycles. The van der Waals surface area contributed by atoms with Gasteiger partial charge >= 0.3 is 0 Å². The van der Waals surface area contributed by atoms with Crippen molar-refractivity contribution in [3.05, 3.63) is 28.4 Å². The first-order chi connectivity index (χ1) is 10.0. The molecule has 0 spiro atoms. The van der Waals surface area contributed by atoms with Crippen LogP contribution in [0.25, 0.3) is 11.4 Å². The van der Waals surface area contributed by atoms with Gasteiger partial charge < -0.3 is 15.2 Å². The number of rotatable bonds is 3. The monoisotopic (exact) mass is 304 g/mol. The molecule has 0 amide bonds. The molecule has 6 nitrogen and oxygen atoms in total. The van der Waals surface area contributed by atoms with Gasteiger partial charge in [-0.3, -0.25) is 0 Å². The summed E-state index contributed by atoms with van der Waals surface area (Å²) in [7, 11) is 3.01. The minimum absolute atomic E-state index is 0.130. The lowest BCUT2D eigenvalue weighted by molar-refractivity contribution is 0.355. The van der Waals surface area contributed by atoms with Gasteiger partial charge in [-0.25, -0.2) is 9.97 Å². The minimum atomic E-state index is 0.130. The van der Waals surface area contributed by atoms with Crippen LogP contribution in [-0.2, 0) is 0 Å². The van der Waals surface area contributed by atoms with E-state index >= 15 is 0 Å². The maximum Gasteiger partial charge on any atom is 0.179 e. The lowest BCUT2D eigenvalue weighted by atomic mass is 10.1. The molecule has 0 radical (unpaired) electrons. The summed E-state index contributed by atoms with van der Waals surface area (Å²) in [4.78, 5) is 8.41. The topological polar surface area (TPSA) is 94.0 Å². The fourth-order valence-corrected chi connectivity index (χ4v) is 2.20. The Morgan fingerprint density at radius 3 is 2.48 bits per heavy atom. The number of nitrogens with two attached hydrogens (primary N) is 1. The maximum absolute atomic E-state index is 8.99. The number of aryl methyl sites for hydroxylation is 1. The Balaban J connectivity index is 2.63. The van der Waals surface area contributed by atoms with E-state index in [4.69, 9.17) is 32.1 Å². The molecule has 2 aromatic rings. The predicted octanol–water partition coefficient (Wildman–Crippen LogP) is 2.58. The Kier molecular flexibility index (Phi) is 4.15. The maximum atomic E-state index is 8.99. The third-order valence-corrected chi connectivity index (χ3v) is 3.20. The van der Waals surface area contributed by atoms with E-state index in [2.05, 4.69) is 9.97 Å². The minimum Gasteiger partial charge on any atom is -0.493 e. The Hall–Kier alpha value is -2.52. The molecule has 1 aromatic carbocycles. The van der Waals surface area contributed by atoms with E-state index in [1.165, 1.54) is 14.2 Å². The molecule has 0 aliphatic carbocycles. The first kappa shape index (κ1) is 14.9. The van der Waals surface area contributed by atoms with E-state index in [1.54, 1.807) is 19.1 Å². The van der Waals surface area contributed by atoms with Crippen LogP contribution in [0.3, 0.4) is 0 Å². The third-order valence-electron chi connectivity index (χ3n) is 2.92. The molecule has 0 unspecified atom stereocenters. The molecule has 2 rings (SSSR count). The second-order valence-corrected chi connectivity index (χ2v) is 4.61. The van der Waals surface area contributed by atoms with Gasteiger partial charge in [0.05, 0.1) is 24.9 Å². The summed E-state index contributed by atoms with van der Waals surface area (Å²) in [6, 6.07) is 5.33. The van der Waals surface area contributed by atoms with Crippen molar-refractivity contribution < 1.29 is 9.47 Å². The zero-order valence-electron chi connectivity index (χ0n) is 11.8. The molecule has 0 aliphatic heterocycles. The zero-order valence-corrected chi connectivity index (χ0v) is 12.5. The lowest BCUT2D eigenvalue weighted by Crippen LogP contribution is -2.03. The second-order valence-electron chi connectivity index (χ2n) is 4.20. The SMILES string of the molecule is COc1cc(-c2nc(C)c(C#N)c(N)n2)cc(Cl)c1OC. The number of nitrogens with zero attached hydrogens (tertiary/aromatic N) is 3. The highest BCUT2D eigenvalue weighted by atomic mass is 35.5. The number of benzene rings is 1. The van der Waals surface area contributed by atoms with E-state index in [0.717, 1.165) is 0 Å². The Morgan fingerprint density at radius 2 is 1.95 bits per heavy atom. The van der Waals surface area contributed by atoms with Crippen LogP contribution in [0.4, 0.5) is 5.82 Å². The number of nitrogen functional groups attached to an aromatic ring is 1. The van der Waals surface area contributed by atoms with Gasteiger partial charge in [0.2, 0.25) is 0 Å². The molecule has 108 valence electrons. The van der Waals surface area contributed by atoms with E-state index in [0.29, 0.717) is 33.6 Å². The molecular weight excluding hydrogens is 292 g/mol. The molecule has 7 heteroatoms. The van der Waals surface area contributed by atoms with Crippen molar-refractivity contribution in [2.45, 2.75) is 6.92 Å². The number of nitriles is 1. The number of halogens is 1. The van der Waals surface area contributed by atoms with Crippen LogP contribution in [0.2, 0.25) is 5.02 Å². The van der Waals surface area contributed by atoms with Crippen molar-refractivity contribution in [2.24, 2.45) is 0 Å². The molecule has 0 fully saturated rings. The normalized spacial score (nSPS) is 10.0. The number of ether oxygens (including phenoxy) is 2. The second kappa shape index (κ2) is 5.85. The summed E-state index contributed by atoms with van der Waals surface area (Å²) in [5.74, 6) is 1.39. The highest BCUT2D eigenvalue weighted by molar-refractivity contribution is 6.32. The van der Waals surface area contributed by atoms with Gasteiger partial charge in [0, 0.05) is 5.56 Å². The summed E-state index contributed by atoms with van der Waals surface area (Å²) in [6.07, 6.45) is 0. The summed E-state index contributed by atoms with van der Waals surface area (Å²) in [5, 5.41) is 9.36. The molecule has 0 atom stereocenters. The van der Waals surface area contributed by atoms with Crippen LogP contribution in [0.15, 0.2) is 12.1 Å². The number of methoxy groups -OCH3 is 2. The van der Waals surface area contributed by atoms with Gasteiger partial charge in [-0.1, -0.05) is 11.6 Å². The fourth-order valence-electron chi connectivity index (χ4n) is 1.91. The third kappa shape index (κ3) is 2.69. The van der Waals surface area contributed by atoms with Crippen LogP contribution < -0.4 is 15.2 Å². The molecule has 0 aliphatic rings. The van der Waals surface area contributed by atoms with Gasteiger partial charge in [-0.15, -0.1) is 0 Å². The molecule has 0 bridgehead atoms. The van der Waals surface area contributed by atoms with E-state index in [9.17, 15) is 0 Å². The summed E-state index contributed by atoms with van der Waals surface area (Å²) >= 11 is 6.16. The molecule has 1 aromatic heterocycles. The first-order valence-electron chi connectivity index (χ1n) is 5.98. The largest absolute Gasteiger partial charge is 0.493 e. The Morgan fingerprint density at radius 1 is 1.24 bits per heavy atom. The van der Waals surface area contributed by atoms with Gasteiger partial charge in [0.15, 0.2) is 17.3 Å². The van der Waals surface area contributed by atoms with Crippen LogP contribution in [0.1, 0.15) is 11.3 Å². The molecule has 2 N–H and O–H groups in total. The van der Waals surface area contributed by atoms with Crippen LogP contribution in [0, 0.1) is 18.3 Å². The average molecular weight is 305 g/mol.